The van der Waals surface area contributed by atoms with E-state index in [-0.39, 0.29) is 5.41 Å². The lowest BCUT2D eigenvalue weighted by atomic mass is 9.39. The monoisotopic (exact) mass is 344 g/mol. The third-order valence-electron chi connectivity index (χ3n) is 10.5. The molecule has 0 aromatic heterocycles. The highest BCUT2D eigenvalue weighted by Gasteiger charge is 2.71. The van der Waals surface area contributed by atoms with E-state index in [4.69, 9.17) is 4.74 Å². The maximum Gasteiger partial charge on any atom is 0.133 e. The van der Waals surface area contributed by atoms with Crippen molar-refractivity contribution >= 4 is 5.78 Å². The Morgan fingerprint density at radius 3 is 2.72 bits per heavy atom. The maximum atomic E-state index is 12.4. The van der Waals surface area contributed by atoms with Crippen molar-refractivity contribution < 1.29 is 9.53 Å². The standard InChI is InChI=1S/C23H36O2/c1-4-15-6-7-18-17-12-20-22(5-2)13-16(24)8-11-23(22,14-25-20)19(17)9-10-21(15,18)3/h15,17-20H,4-14H2,1-3H3/t15?,17?,18?,19?,20-,21?,22+,23?/m1/s1. The largest absolute Gasteiger partial charge is 0.377 e. The van der Waals surface area contributed by atoms with Crippen LogP contribution in [0.2, 0.25) is 0 Å². The number of fused-ring (bicyclic) bond motifs is 3. The van der Waals surface area contributed by atoms with E-state index in [0.717, 1.165) is 56.0 Å². The van der Waals surface area contributed by atoms with Crippen molar-refractivity contribution in [2.45, 2.75) is 91.1 Å². The number of carbonyl (C=O) groups is 1. The lowest BCUT2D eigenvalue weighted by Crippen LogP contribution is -2.61. The zero-order chi connectivity index (χ0) is 17.4. The summed E-state index contributed by atoms with van der Waals surface area (Å²) in [5, 5.41) is 0. The van der Waals surface area contributed by atoms with E-state index in [1.54, 1.807) is 0 Å². The lowest BCUT2D eigenvalue weighted by molar-refractivity contribution is -0.163. The third kappa shape index (κ3) is 1.83. The Morgan fingerprint density at radius 1 is 1.12 bits per heavy atom. The van der Waals surface area contributed by atoms with Crippen LogP contribution in [-0.4, -0.2) is 18.5 Å². The first-order valence-electron chi connectivity index (χ1n) is 11.1. The zero-order valence-electron chi connectivity index (χ0n) is 16.5. The molecular weight excluding hydrogens is 308 g/mol. The van der Waals surface area contributed by atoms with Crippen molar-refractivity contribution in [1.29, 1.82) is 0 Å². The SMILES string of the molecule is CCC1CCC2C3C[C@H]4OCC5(CCC(=O)C[C@@]45CC)C3CCC12C. The number of rotatable bonds is 2. The molecule has 140 valence electrons. The topological polar surface area (TPSA) is 26.3 Å². The summed E-state index contributed by atoms with van der Waals surface area (Å²) < 4.78 is 6.53. The molecule has 1 aliphatic heterocycles. The van der Waals surface area contributed by atoms with Crippen LogP contribution in [0.15, 0.2) is 0 Å². The fourth-order valence-electron chi connectivity index (χ4n) is 9.28. The molecule has 2 bridgehead atoms. The minimum absolute atomic E-state index is 0.181. The van der Waals surface area contributed by atoms with Crippen LogP contribution in [0.5, 0.6) is 0 Å². The van der Waals surface area contributed by atoms with Gasteiger partial charge in [0.1, 0.15) is 5.78 Å². The van der Waals surface area contributed by atoms with Gasteiger partial charge in [-0.25, -0.2) is 0 Å². The van der Waals surface area contributed by atoms with Crippen LogP contribution in [0.3, 0.4) is 0 Å². The first-order valence-corrected chi connectivity index (χ1v) is 11.1. The average molecular weight is 345 g/mol. The van der Waals surface area contributed by atoms with E-state index in [1.807, 2.05) is 0 Å². The van der Waals surface area contributed by atoms with Crippen LogP contribution in [0, 0.1) is 39.9 Å². The van der Waals surface area contributed by atoms with Crippen LogP contribution >= 0.6 is 0 Å². The van der Waals surface area contributed by atoms with Gasteiger partial charge in [0, 0.05) is 23.7 Å². The highest BCUT2D eigenvalue weighted by Crippen LogP contribution is 2.74. The second-order valence-corrected chi connectivity index (χ2v) is 10.5. The van der Waals surface area contributed by atoms with E-state index < -0.39 is 0 Å². The average Bonchev–Trinajstić information content (AvgIpc) is 3.05. The molecular formula is C23H36O2. The molecule has 1 saturated heterocycles. The summed E-state index contributed by atoms with van der Waals surface area (Å²) in [6.45, 7) is 8.33. The molecule has 0 radical (unpaired) electrons. The van der Waals surface area contributed by atoms with Crippen molar-refractivity contribution in [1.82, 2.24) is 0 Å². The summed E-state index contributed by atoms with van der Waals surface area (Å²) in [5.41, 5.74) is 1.09. The highest BCUT2D eigenvalue weighted by molar-refractivity contribution is 5.80. The number of ketones is 1. The highest BCUT2D eigenvalue weighted by atomic mass is 16.5. The minimum atomic E-state index is 0.181. The molecule has 5 rings (SSSR count). The van der Waals surface area contributed by atoms with Crippen molar-refractivity contribution in [2.75, 3.05) is 6.61 Å². The van der Waals surface area contributed by atoms with Gasteiger partial charge >= 0.3 is 0 Å². The summed E-state index contributed by atoms with van der Waals surface area (Å²) >= 11 is 0. The van der Waals surface area contributed by atoms with Gasteiger partial charge in [0.2, 0.25) is 0 Å². The summed E-state index contributed by atoms with van der Waals surface area (Å²) in [5.74, 6) is 4.08. The van der Waals surface area contributed by atoms with Crippen molar-refractivity contribution in [3.05, 3.63) is 0 Å². The second-order valence-electron chi connectivity index (χ2n) is 10.5. The maximum absolute atomic E-state index is 12.4. The number of carbonyl (C=O) groups excluding carboxylic acids is 1. The Balaban J connectivity index is 1.55. The van der Waals surface area contributed by atoms with Crippen LogP contribution < -0.4 is 0 Å². The molecule has 2 nitrogen and oxygen atoms in total. The van der Waals surface area contributed by atoms with E-state index >= 15 is 0 Å². The molecule has 1 heterocycles. The summed E-state index contributed by atoms with van der Waals surface area (Å²) in [6.07, 6.45) is 12.6. The van der Waals surface area contributed by atoms with Crippen LogP contribution in [0.4, 0.5) is 0 Å². The first kappa shape index (κ1) is 16.8. The molecule has 25 heavy (non-hydrogen) atoms. The summed E-state index contributed by atoms with van der Waals surface area (Å²) in [4.78, 5) is 12.4. The predicted octanol–water partition coefficient (Wildman–Crippen LogP) is 5.39. The normalized spacial score (nSPS) is 57.1. The summed E-state index contributed by atoms with van der Waals surface area (Å²) in [7, 11) is 0. The van der Waals surface area contributed by atoms with Gasteiger partial charge in [-0.2, -0.15) is 0 Å². The number of hydrogen-bond donors (Lipinski definition) is 0. The van der Waals surface area contributed by atoms with Crippen molar-refractivity contribution in [3.63, 3.8) is 0 Å². The molecule has 6 unspecified atom stereocenters. The van der Waals surface area contributed by atoms with E-state index in [1.165, 1.54) is 38.5 Å². The first-order chi connectivity index (χ1) is 12.0. The molecule has 0 aromatic rings. The van der Waals surface area contributed by atoms with Gasteiger partial charge in [-0.1, -0.05) is 27.2 Å². The molecule has 8 atom stereocenters. The van der Waals surface area contributed by atoms with Crippen molar-refractivity contribution in [2.24, 2.45) is 39.9 Å². The molecule has 0 N–H and O–H groups in total. The molecule has 5 fully saturated rings. The second kappa shape index (κ2) is 5.33. The minimum Gasteiger partial charge on any atom is -0.377 e. The third-order valence-corrected chi connectivity index (χ3v) is 10.5. The van der Waals surface area contributed by atoms with E-state index in [2.05, 4.69) is 20.8 Å². The van der Waals surface area contributed by atoms with Gasteiger partial charge in [0.05, 0.1) is 12.7 Å². The smallest absolute Gasteiger partial charge is 0.133 e. The fourth-order valence-corrected chi connectivity index (χ4v) is 9.28. The molecule has 5 aliphatic rings. The van der Waals surface area contributed by atoms with Crippen LogP contribution in [-0.2, 0) is 9.53 Å². The van der Waals surface area contributed by atoms with Gasteiger partial charge in [0.15, 0.2) is 0 Å². The van der Waals surface area contributed by atoms with E-state index in [0.29, 0.717) is 22.7 Å². The Bertz CT molecular complexity index is 585. The molecule has 0 amide bonds. The predicted molar refractivity (Wildman–Crippen MR) is 99.2 cm³/mol. The zero-order valence-corrected chi connectivity index (χ0v) is 16.5. The Labute approximate surface area is 153 Å². The number of Topliss-reactive ketones (excluding diaryl/α,β-unsaturated/α-hetero) is 1. The van der Waals surface area contributed by atoms with Gasteiger partial charge in [0.25, 0.3) is 0 Å². The molecule has 4 saturated carbocycles. The number of hydrogen-bond acceptors (Lipinski definition) is 2. The Hall–Kier alpha value is -0.370. The quantitative estimate of drug-likeness (QED) is 0.671. The van der Waals surface area contributed by atoms with Gasteiger partial charge < -0.3 is 4.74 Å². The van der Waals surface area contributed by atoms with Crippen LogP contribution in [0.1, 0.15) is 85.0 Å². The van der Waals surface area contributed by atoms with Gasteiger partial charge in [-0.05, 0) is 74.0 Å². The Morgan fingerprint density at radius 2 is 1.96 bits per heavy atom. The molecule has 0 aromatic carbocycles. The Kier molecular flexibility index (Phi) is 3.58. The molecule has 4 aliphatic carbocycles. The van der Waals surface area contributed by atoms with E-state index in [9.17, 15) is 4.79 Å². The molecule has 0 spiro atoms. The lowest BCUT2D eigenvalue weighted by Gasteiger charge is -2.63. The van der Waals surface area contributed by atoms with Crippen LogP contribution in [0.25, 0.3) is 0 Å². The number of ether oxygens (including phenoxy) is 1. The summed E-state index contributed by atoms with van der Waals surface area (Å²) in [6, 6.07) is 0. The fraction of sp³-hybridized carbons (Fsp3) is 0.957. The van der Waals surface area contributed by atoms with Gasteiger partial charge in [-0.3, -0.25) is 4.79 Å². The molecule has 2 heteroatoms. The van der Waals surface area contributed by atoms with Gasteiger partial charge in [-0.15, -0.1) is 0 Å². The van der Waals surface area contributed by atoms with Crippen molar-refractivity contribution in [3.8, 4) is 0 Å².